The molecule has 0 saturated heterocycles. The van der Waals surface area contributed by atoms with Gasteiger partial charge in [0.25, 0.3) is 0 Å². The molecule has 1 aliphatic heterocycles. The van der Waals surface area contributed by atoms with Gasteiger partial charge in [0.05, 0.1) is 19.7 Å². The number of carbonyl (C=O) groups excluding carboxylic acids is 1. The Morgan fingerprint density at radius 3 is 3.14 bits per heavy atom. The van der Waals surface area contributed by atoms with Gasteiger partial charge < -0.3 is 15.4 Å². The lowest BCUT2D eigenvalue weighted by Gasteiger charge is -2.23. The van der Waals surface area contributed by atoms with Crippen molar-refractivity contribution in [3.05, 3.63) is 36.2 Å². The summed E-state index contributed by atoms with van der Waals surface area (Å²) in [6.07, 6.45) is 3.06. The number of rotatable bonds is 3. The van der Waals surface area contributed by atoms with Crippen molar-refractivity contribution in [2.75, 3.05) is 12.4 Å². The number of hydrogen-bond acceptors (Lipinski definition) is 4. The van der Waals surface area contributed by atoms with Gasteiger partial charge in [-0.1, -0.05) is 0 Å². The molecule has 1 aromatic carbocycles. The van der Waals surface area contributed by atoms with E-state index >= 15 is 0 Å². The van der Waals surface area contributed by atoms with Crippen molar-refractivity contribution < 1.29 is 13.9 Å². The molecule has 1 unspecified atom stereocenters. The molecular weight excluding hydrogens is 289 g/mol. The molecule has 7 nitrogen and oxygen atoms in total. The van der Waals surface area contributed by atoms with E-state index in [1.165, 1.54) is 25.6 Å². The number of carbonyl (C=O) groups is 1. The van der Waals surface area contributed by atoms with E-state index in [2.05, 4.69) is 20.7 Å². The second kappa shape index (κ2) is 6.00. The van der Waals surface area contributed by atoms with Crippen molar-refractivity contribution in [1.82, 2.24) is 20.1 Å². The number of methoxy groups -OCH3 is 1. The minimum atomic E-state index is -0.473. The number of benzene rings is 1. The Morgan fingerprint density at radius 1 is 1.45 bits per heavy atom. The third kappa shape index (κ3) is 3.16. The molecular formula is C14H16FN5O2. The van der Waals surface area contributed by atoms with Crippen LogP contribution < -0.4 is 15.4 Å². The third-order valence-corrected chi connectivity index (χ3v) is 3.51. The van der Waals surface area contributed by atoms with Gasteiger partial charge in [-0.3, -0.25) is 0 Å². The summed E-state index contributed by atoms with van der Waals surface area (Å²) in [5, 5.41) is 9.56. The van der Waals surface area contributed by atoms with Crippen LogP contribution in [0.4, 0.5) is 14.9 Å². The molecule has 22 heavy (non-hydrogen) atoms. The van der Waals surface area contributed by atoms with Crippen LogP contribution >= 0.6 is 0 Å². The summed E-state index contributed by atoms with van der Waals surface area (Å²) in [4.78, 5) is 16.1. The highest BCUT2D eigenvalue weighted by molar-refractivity contribution is 5.89. The summed E-state index contributed by atoms with van der Waals surface area (Å²) in [7, 11) is 1.44. The lowest BCUT2D eigenvalue weighted by atomic mass is 10.1. The van der Waals surface area contributed by atoms with Gasteiger partial charge >= 0.3 is 6.03 Å². The molecule has 8 heteroatoms. The number of aromatic nitrogens is 3. The highest BCUT2D eigenvalue weighted by atomic mass is 19.1. The molecule has 1 atom stereocenters. The maximum atomic E-state index is 13.4. The lowest BCUT2D eigenvalue weighted by molar-refractivity contribution is 0.243. The fraction of sp³-hybridized carbons (Fsp3) is 0.357. The summed E-state index contributed by atoms with van der Waals surface area (Å²) in [6, 6.07) is 3.61. The van der Waals surface area contributed by atoms with Crippen LogP contribution in [0.15, 0.2) is 24.5 Å². The highest BCUT2D eigenvalue weighted by Crippen LogP contribution is 2.20. The summed E-state index contributed by atoms with van der Waals surface area (Å²) >= 11 is 0. The van der Waals surface area contributed by atoms with Crippen molar-refractivity contribution in [2.45, 2.75) is 25.4 Å². The van der Waals surface area contributed by atoms with E-state index in [-0.39, 0.29) is 12.1 Å². The summed E-state index contributed by atoms with van der Waals surface area (Å²) < 4.78 is 20.1. The first-order valence-corrected chi connectivity index (χ1v) is 6.93. The molecule has 1 aromatic heterocycles. The first-order chi connectivity index (χ1) is 10.6. The molecule has 2 N–H and O–H groups in total. The molecule has 116 valence electrons. The standard InChI is InChI=1S/C14H16FN5O2/c1-22-12-5-9(15)4-11(6-12)19-14(21)18-10-2-3-13-16-8-17-20(13)7-10/h4-6,8,10H,2-3,7H2,1H3,(H2,18,19,21). The van der Waals surface area contributed by atoms with Crippen LogP contribution in [0.3, 0.4) is 0 Å². The van der Waals surface area contributed by atoms with Crippen molar-refractivity contribution in [3.8, 4) is 5.75 Å². The first kappa shape index (κ1) is 14.3. The Kier molecular flexibility index (Phi) is 3.90. The van der Waals surface area contributed by atoms with Crippen LogP contribution in [0.5, 0.6) is 5.75 Å². The van der Waals surface area contributed by atoms with E-state index in [1.54, 1.807) is 10.7 Å². The predicted octanol–water partition coefficient (Wildman–Crippen LogP) is 1.56. The monoisotopic (exact) mass is 305 g/mol. The van der Waals surface area contributed by atoms with Gasteiger partial charge in [-0.15, -0.1) is 0 Å². The van der Waals surface area contributed by atoms with Gasteiger partial charge in [-0.2, -0.15) is 5.10 Å². The average Bonchev–Trinajstić information content (AvgIpc) is 2.93. The number of amides is 2. The average molecular weight is 305 g/mol. The second-order valence-electron chi connectivity index (χ2n) is 5.07. The predicted molar refractivity (Wildman–Crippen MR) is 77.2 cm³/mol. The Bertz CT molecular complexity index is 688. The normalized spacial score (nSPS) is 16.7. The van der Waals surface area contributed by atoms with Crippen LogP contribution in [-0.4, -0.2) is 33.9 Å². The van der Waals surface area contributed by atoms with Gasteiger partial charge in [0, 0.05) is 24.2 Å². The fourth-order valence-electron chi connectivity index (χ4n) is 2.46. The molecule has 0 radical (unpaired) electrons. The number of urea groups is 1. The third-order valence-electron chi connectivity index (χ3n) is 3.51. The van der Waals surface area contributed by atoms with Crippen molar-refractivity contribution in [1.29, 1.82) is 0 Å². The van der Waals surface area contributed by atoms with Gasteiger partial charge in [0.15, 0.2) is 0 Å². The molecule has 0 spiro atoms. The van der Waals surface area contributed by atoms with Crippen LogP contribution in [0.1, 0.15) is 12.2 Å². The molecule has 3 rings (SSSR count). The zero-order valence-corrected chi connectivity index (χ0v) is 12.0. The quantitative estimate of drug-likeness (QED) is 0.902. The molecule has 2 aromatic rings. The molecule has 2 amide bonds. The van der Waals surface area contributed by atoms with Crippen LogP contribution in [0, 0.1) is 5.82 Å². The maximum Gasteiger partial charge on any atom is 0.319 e. The topological polar surface area (TPSA) is 81.1 Å². The lowest BCUT2D eigenvalue weighted by Crippen LogP contribution is -2.43. The van der Waals surface area contributed by atoms with Crippen molar-refractivity contribution in [2.24, 2.45) is 0 Å². The number of hydrogen-bond donors (Lipinski definition) is 2. The molecule has 0 bridgehead atoms. The highest BCUT2D eigenvalue weighted by Gasteiger charge is 2.21. The van der Waals surface area contributed by atoms with Crippen LogP contribution in [0.25, 0.3) is 0 Å². The number of halogens is 1. The second-order valence-corrected chi connectivity index (χ2v) is 5.07. The molecule has 0 aliphatic carbocycles. The smallest absolute Gasteiger partial charge is 0.319 e. The Balaban J connectivity index is 1.60. The zero-order valence-electron chi connectivity index (χ0n) is 12.0. The summed E-state index contributed by atoms with van der Waals surface area (Å²) in [5.74, 6) is 0.799. The summed E-state index contributed by atoms with van der Waals surface area (Å²) in [5.41, 5.74) is 0.339. The van der Waals surface area contributed by atoms with E-state index < -0.39 is 5.82 Å². The van der Waals surface area contributed by atoms with E-state index in [0.29, 0.717) is 18.0 Å². The van der Waals surface area contributed by atoms with E-state index in [0.717, 1.165) is 18.7 Å². The minimum Gasteiger partial charge on any atom is -0.497 e. The fourth-order valence-corrected chi connectivity index (χ4v) is 2.46. The number of nitrogens with zero attached hydrogens (tertiary/aromatic N) is 3. The van der Waals surface area contributed by atoms with Crippen LogP contribution in [-0.2, 0) is 13.0 Å². The molecule has 0 fully saturated rings. The maximum absolute atomic E-state index is 13.4. The number of aryl methyl sites for hydroxylation is 1. The molecule has 1 aliphatic rings. The Hall–Kier alpha value is -2.64. The van der Waals surface area contributed by atoms with Crippen molar-refractivity contribution >= 4 is 11.7 Å². The first-order valence-electron chi connectivity index (χ1n) is 6.93. The number of anilines is 1. The van der Waals surface area contributed by atoms with Crippen molar-refractivity contribution in [3.63, 3.8) is 0 Å². The van der Waals surface area contributed by atoms with E-state index in [4.69, 9.17) is 4.74 Å². The Morgan fingerprint density at radius 2 is 2.32 bits per heavy atom. The number of fused-ring (bicyclic) bond motifs is 1. The van der Waals surface area contributed by atoms with Gasteiger partial charge in [-0.05, 0) is 12.5 Å². The number of ether oxygens (including phenoxy) is 1. The summed E-state index contributed by atoms with van der Waals surface area (Å²) in [6.45, 7) is 0.579. The van der Waals surface area contributed by atoms with Gasteiger partial charge in [0.2, 0.25) is 0 Å². The van der Waals surface area contributed by atoms with Crippen LogP contribution in [0.2, 0.25) is 0 Å². The van der Waals surface area contributed by atoms with Gasteiger partial charge in [-0.25, -0.2) is 18.9 Å². The molecule has 2 heterocycles. The molecule has 0 saturated carbocycles. The van der Waals surface area contributed by atoms with E-state index in [1.807, 2.05) is 0 Å². The SMILES string of the molecule is COc1cc(F)cc(NC(=O)NC2CCc3ncnn3C2)c1. The zero-order chi connectivity index (χ0) is 15.5. The Labute approximate surface area is 126 Å². The largest absolute Gasteiger partial charge is 0.497 e. The number of nitrogens with one attached hydrogen (secondary N) is 2. The van der Waals surface area contributed by atoms with E-state index in [9.17, 15) is 9.18 Å². The van der Waals surface area contributed by atoms with Gasteiger partial charge in [0.1, 0.15) is 23.7 Å². The minimum absolute atomic E-state index is 0.0374.